The maximum Gasteiger partial charge on any atom is 0.260 e. The Bertz CT molecular complexity index is 1220. The lowest BCUT2D eigenvalue weighted by Crippen LogP contribution is -2.14. The predicted molar refractivity (Wildman–Crippen MR) is 114 cm³/mol. The summed E-state index contributed by atoms with van der Waals surface area (Å²) in [5.41, 5.74) is 7.74. The van der Waals surface area contributed by atoms with E-state index in [1.807, 2.05) is 5.38 Å². The van der Waals surface area contributed by atoms with Gasteiger partial charge in [-0.05, 0) is 35.7 Å². The van der Waals surface area contributed by atoms with Gasteiger partial charge in [-0.2, -0.15) is 0 Å². The third-order valence-corrected chi connectivity index (χ3v) is 5.96. The van der Waals surface area contributed by atoms with E-state index >= 15 is 0 Å². The second-order valence-electron chi connectivity index (χ2n) is 5.96. The second kappa shape index (κ2) is 7.31. The summed E-state index contributed by atoms with van der Waals surface area (Å²) in [5, 5.41) is 5.10. The Labute approximate surface area is 174 Å². The molecule has 3 aromatic heterocycles. The molecule has 0 aliphatic rings. The summed E-state index contributed by atoms with van der Waals surface area (Å²) in [5.74, 6) is -0.718. The number of thiophene rings is 1. The summed E-state index contributed by atoms with van der Waals surface area (Å²) < 4.78 is 1.63. The number of hydrogen-bond acceptors (Lipinski definition) is 4. The van der Waals surface area contributed by atoms with E-state index in [1.54, 1.807) is 59.1 Å². The lowest BCUT2D eigenvalue weighted by atomic mass is 10.1. The Morgan fingerprint density at radius 2 is 1.86 bits per heavy atom. The van der Waals surface area contributed by atoms with Crippen LogP contribution in [0.3, 0.4) is 0 Å². The summed E-state index contributed by atoms with van der Waals surface area (Å²) >= 11 is 13.5. The summed E-state index contributed by atoms with van der Waals surface area (Å²) in [6, 6.07) is 13.7. The van der Waals surface area contributed by atoms with Crippen molar-refractivity contribution >= 4 is 63.1 Å². The van der Waals surface area contributed by atoms with Gasteiger partial charge in [0.15, 0.2) is 0 Å². The zero-order valence-electron chi connectivity index (χ0n) is 14.3. The molecule has 1 aromatic carbocycles. The van der Waals surface area contributed by atoms with E-state index < -0.39 is 5.91 Å². The first-order chi connectivity index (χ1) is 13.5. The molecule has 4 rings (SSSR count). The van der Waals surface area contributed by atoms with Gasteiger partial charge in [0.1, 0.15) is 5.69 Å². The van der Waals surface area contributed by atoms with E-state index in [0.29, 0.717) is 21.1 Å². The first-order valence-corrected chi connectivity index (χ1v) is 9.84. The predicted octanol–water partition coefficient (Wildman–Crippen LogP) is 5.37. The molecule has 140 valence electrons. The average molecular weight is 430 g/mol. The number of nitrogens with one attached hydrogen (secondary N) is 1. The van der Waals surface area contributed by atoms with Gasteiger partial charge in [-0.1, -0.05) is 41.4 Å². The molecule has 5 nitrogen and oxygen atoms in total. The van der Waals surface area contributed by atoms with E-state index in [9.17, 15) is 9.59 Å². The number of ketones is 1. The number of hydrogen-bond donors (Lipinski definition) is 2. The van der Waals surface area contributed by atoms with Gasteiger partial charge >= 0.3 is 0 Å². The van der Waals surface area contributed by atoms with Gasteiger partial charge < -0.3 is 15.5 Å². The number of fused-ring (bicyclic) bond motifs is 1. The van der Waals surface area contributed by atoms with Crippen molar-refractivity contribution in [1.82, 2.24) is 4.40 Å². The molecule has 0 bridgehead atoms. The Balaban J connectivity index is 1.84. The summed E-state index contributed by atoms with van der Waals surface area (Å²) in [6.07, 6.45) is 1.70. The summed E-state index contributed by atoms with van der Waals surface area (Å²) in [6.45, 7) is 0. The minimum Gasteiger partial charge on any atom is -0.396 e. The number of nitrogens with two attached hydrogens (primary N) is 1. The zero-order valence-corrected chi connectivity index (χ0v) is 16.6. The van der Waals surface area contributed by atoms with Crippen LogP contribution in [0.5, 0.6) is 0 Å². The summed E-state index contributed by atoms with van der Waals surface area (Å²) in [4.78, 5) is 26.5. The molecule has 8 heteroatoms. The fourth-order valence-electron chi connectivity index (χ4n) is 3.01. The fraction of sp³-hybridized carbons (Fsp3) is 0. The van der Waals surface area contributed by atoms with E-state index in [1.165, 1.54) is 11.3 Å². The van der Waals surface area contributed by atoms with Crippen LogP contribution in [-0.2, 0) is 0 Å². The number of nitrogen functional groups attached to an aromatic ring is 1. The van der Waals surface area contributed by atoms with Crippen molar-refractivity contribution in [3.63, 3.8) is 0 Å². The molecule has 0 saturated heterocycles. The minimum absolute atomic E-state index is 0.111. The first kappa shape index (κ1) is 18.6. The van der Waals surface area contributed by atoms with Crippen molar-refractivity contribution in [2.45, 2.75) is 0 Å². The largest absolute Gasteiger partial charge is 0.396 e. The van der Waals surface area contributed by atoms with Crippen LogP contribution in [0.15, 0.2) is 60.1 Å². The molecule has 3 heterocycles. The fourth-order valence-corrected chi connectivity index (χ4v) is 4.02. The third-order valence-electron chi connectivity index (χ3n) is 4.27. The van der Waals surface area contributed by atoms with Crippen LogP contribution in [0, 0.1) is 0 Å². The number of carbonyl (C=O) groups is 2. The standard InChI is InChI=1S/C20H13Cl2N3O2S/c21-11-5-3-6-12(16(11)22)24-20(27)15-13-7-1-2-9-25(13)18(17(15)23)19(26)14-8-4-10-28-14/h1-10H,23H2,(H,24,27). The Kier molecular flexibility index (Phi) is 4.85. The number of nitrogens with zero attached hydrogens (tertiary/aromatic N) is 1. The molecule has 0 fully saturated rings. The van der Waals surface area contributed by atoms with Gasteiger partial charge in [-0.15, -0.1) is 11.3 Å². The monoisotopic (exact) mass is 429 g/mol. The molecule has 0 radical (unpaired) electrons. The van der Waals surface area contributed by atoms with Gasteiger partial charge in [0.2, 0.25) is 5.78 Å². The number of carbonyl (C=O) groups excluding carboxylic acids is 2. The van der Waals surface area contributed by atoms with Crippen molar-refractivity contribution in [1.29, 1.82) is 0 Å². The Morgan fingerprint density at radius 1 is 1.04 bits per heavy atom. The molecular weight excluding hydrogens is 417 g/mol. The average Bonchev–Trinajstić information content (AvgIpc) is 3.31. The van der Waals surface area contributed by atoms with Crippen molar-refractivity contribution in [3.8, 4) is 0 Å². The van der Waals surface area contributed by atoms with Crippen molar-refractivity contribution < 1.29 is 9.59 Å². The van der Waals surface area contributed by atoms with E-state index in [4.69, 9.17) is 28.9 Å². The topological polar surface area (TPSA) is 76.6 Å². The number of pyridine rings is 1. The number of amides is 1. The molecule has 3 N–H and O–H groups in total. The number of benzene rings is 1. The highest BCUT2D eigenvalue weighted by atomic mass is 35.5. The minimum atomic E-state index is -0.476. The summed E-state index contributed by atoms with van der Waals surface area (Å²) in [7, 11) is 0. The van der Waals surface area contributed by atoms with Gasteiger partial charge in [0.05, 0.1) is 37.4 Å². The first-order valence-electron chi connectivity index (χ1n) is 8.21. The van der Waals surface area contributed by atoms with Crippen LogP contribution in [0.25, 0.3) is 5.52 Å². The van der Waals surface area contributed by atoms with Crippen molar-refractivity contribution in [2.24, 2.45) is 0 Å². The lowest BCUT2D eigenvalue weighted by molar-refractivity contribution is 0.102. The Hall–Kier alpha value is -2.80. The van der Waals surface area contributed by atoms with Crippen LogP contribution >= 0.6 is 34.5 Å². The van der Waals surface area contributed by atoms with E-state index in [0.717, 1.165) is 0 Å². The zero-order chi connectivity index (χ0) is 19.8. The number of halogens is 2. The molecule has 0 atom stereocenters. The maximum absolute atomic E-state index is 13.0. The van der Waals surface area contributed by atoms with Gasteiger partial charge in [0.25, 0.3) is 5.91 Å². The van der Waals surface area contributed by atoms with Crippen LogP contribution in [-0.4, -0.2) is 16.1 Å². The number of aromatic nitrogens is 1. The van der Waals surface area contributed by atoms with E-state index in [-0.39, 0.29) is 27.8 Å². The molecular formula is C20H13Cl2N3O2S. The lowest BCUT2D eigenvalue weighted by Gasteiger charge is -2.08. The SMILES string of the molecule is Nc1c(C(=O)Nc2cccc(Cl)c2Cl)c2ccccn2c1C(=O)c1cccs1. The van der Waals surface area contributed by atoms with Gasteiger partial charge in [-0.3, -0.25) is 9.59 Å². The molecule has 0 saturated carbocycles. The van der Waals surface area contributed by atoms with Crippen molar-refractivity contribution in [3.05, 3.63) is 86.3 Å². The Morgan fingerprint density at radius 3 is 2.61 bits per heavy atom. The molecule has 4 aromatic rings. The molecule has 1 amide bonds. The molecule has 0 unspecified atom stereocenters. The second-order valence-corrected chi connectivity index (χ2v) is 7.69. The quantitative estimate of drug-likeness (QED) is 0.427. The van der Waals surface area contributed by atoms with Crippen LogP contribution in [0.2, 0.25) is 10.0 Å². The van der Waals surface area contributed by atoms with Crippen LogP contribution in [0.1, 0.15) is 25.7 Å². The van der Waals surface area contributed by atoms with Crippen LogP contribution < -0.4 is 11.1 Å². The van der Waals surface area contributed by atoms with Crippen molar-refractivity contribution in [2.75, 3.05) is 11.1 Å². The van der Waals surface area contributed by atoms with Crippen LogP contribution in [0.4, 0.5) is 11.4 Å². The number of anilines is 2. The highest BCUT2D eigenvalue weighted by Gasteiger charge is 2.26. The highest BCUT2D eigenvalue weighted by molar-refractivity contribution is 7.12. The molecule has 0 aliphatic heterocycles. The molecule has 0 aliphatic carbocycles. The van der Waals surface area contributed by atoms with E-state index in [2.05, 4.69) is 5.32 Å². The van der Waals surface area contributed by atoms with Gasteiger partial charge in [0, 0.05) is 6.20 Å². The smallest absolute Gasteiger partial charge is 0.260 e. The normalized spacial score (nSPS) is 10.9. The molecule has 28 heavy (non-hydrogen) atoms. The highest BCUT2D eigenvalue weighted by Crippen LogP contribution is 2.33. The third kappa shape index (κ3) is 3.05. The molecule has 0 spiro atoms. The number of rotatable bonds is 4. The van der Waals surface area contributed by atoms with Gasteiger partial charge in [-0.25, -0.2) is 0 Å². The maximum atomic E-state index is 13.0.